The first kappa shape index (κ1) is 6.18. The van der Waals surface area contributed by atoms with Crippen LogP contribution in [0.1, 0.15) is 22.7 Å². The van der Waals surface area contributed by atoms with E-state index >= 15 is 0 Å². The van der Waals surface area contributed by atoms with Crippen molar-refractivity contribution in [1.82, 2.24) is 4.98 Å². The van der Waals surface area contributed by atoms with Gasteiger partial charge in [0.05, 0.1) is 5.69 Å². The summed E-state index contributed by atoms with van der Waals surface area (Å²) in [6, 6.07) is 2.09. The first-order chi connectivity index (χ1) is 5.86. The van der Waals surface area contributed by atoms with Crippen LogP contribution in [0.4, 0.5) is 0 Å². The van der Waals surface area contributed by atoms with Crippen molar-refractivity contribution in [2.45, 2.75) is 12.8 Å². The fourth-order valence-corrected chi connectivity index (χ4v) is 1.86. The highest BCUT2D eigenvalue weighted by molar-refractivity contribution is 5.70. The number of pyridine rings is 1. The van der Waals surface area contributed by atoms with Crippen LogP contribution in [0, 0.1) is 6.92 Å². The molecule has 0 bridgehead atoms. The van der Waals surface area contributed by atoms with E-state index in [1.807, 2.05) is 6.20 Å². The monoisotopic (exact) mass is 155 g/mol. The van der Waals surface area contributed by atoms with Crippen LogP contribution in [0.5, 0.6) is 0 Å². The molecular weight excluding hydrogens is 146 g/mol. The highest BCUT2D eigenvalue weighted by Crippen LogP contribution is 2.45. The highest BCUT2D eigenvalue weighted by atomic mass is 14.7. The van der Waals surface area contributed by atoms with Crippen molar-refractivity contribution in [2.75, 3.05) is 0 Å². The van der Waals surface area contributed by atoms with Gasteiger partial charge in [0, 0.05) is 12.1 Å². The molecule has 12 heavy (non-hydrogen) atoms. The molecule has 1 nitrogen and oxygen atoms in total. The zero-order valence-corrected chi connectivity index (χ0v) is 6.91. The molecule has 0 saturated heterocycles. The van der Waals surface area contributed by atoms with Crippen molar-refractivity contribution in [3.05, 3.63) is 46.8 Å². The van der Waals surface area contributed by atoms with E-state index in [9.17, 15) is 0 Å². The minimum Gasteiger partial charge on any atom is -0.257 e. The van der Waals surface area contributed by atoms with Crippen LogP contribution in [-0.4, -0.2) is 4.98 Å². The molecule has 0 saturated carbocycles. The van der Waals surface area contributed by atoms with Gasteiger partial charge in [0.1, 0.15) is 0 Å². The summed E-state index contributed by atoms with van der Waals surface area (Å²) in [6.07, 6.45) is 8.44. The Labute approximate surface area is 71.4 Å². The second-order valence-electron chi connectivity index (χ2n) is 3.40. The Bertz CT molecular complexity index is 413. The summed E-state index contributed by atoms with van der Waals surface area (Å²) in [7, 11) is 0. The van der Waals surface area contributed by atoms with Gasteiger partial charge in [-0.2, -0.15) is 0 Å². The van der Waals surface area contributed by atoms with Gasteiger partial charge in [-0.1, -0.05) is 12.2 Å². The molecule has 0 radical (unpaired) electrons. The largest absolute Gasteiger partial charge is 0.257 e. The lowest BCUT2D eigenvalue weighted by molar-refractivity contribution is 1.08. The third-order valence-electron chi connectivity index (χ3n) is 2.59. The average molecular weight is 155 g/mol. The van der Waals surface area contributed by atoms with E-state index in [0.717, 1.165) is 5.69 Å². The Balaban J connectivity index is 2.29. The van der Waals surface area contributed by atoms with Gasteiger partial charge in [-0.15, -0.1) is 0 Å². The van der Waals surface area contributed by atoms with Crippen LogP contribution in [0.25, 0.3) is 6.08 Å². The molecule has 0 spiro atoms. The number of aryl methyl sites for hydroxylation is 1. The van der Waals surface area contributed by atoms with Crippen LogP contribution >= 0.6 is 0 Å². The Kier molecular flexibility index (Phi) is 0.959. The minimum absolute atomic E-state index is 0.596. The molecular formula is C11H9N. The molecule has 1 heteroatoms. The first-order valence-corrected chi connectivity index (χ1v) is 4.21. The molecule has 1 unspecified atom stereocenters. The second-order valence-corrected chi connectivity index (χ2v) is 3.40. The summed E-state index contributed by atoms with van der Waals surface area (Å²) in [5.41, 5.74) is 5.38. The van der Waals surface area contributed by atoms with Crippen LogP contribution in [-0.2, 0) is 0 Å². The molecule has 0 aliphatic heterocycles. The van der Waals surface area contributed by atoms with Crippen molar-refractivity contribution in [2.24, 2.45) is 0 Å². The third kappa shape index (κ3) is 0.658. The standard InChI is InChI=1S/C11H9N/c1-7-4-5-12-10-3-2-8-6-9(8)11(7)10/h2-6,9H,1H3. The molecule has 58 valence electrons. The topological polar surface area (TPSA) is 12.9 Å². The quantitative estimate of drug-likeness (QED) is 0.560. The number of fused-ring (bicyclic) bond motifs is 3. The molecule has 0 N–H and O–H groups in total. The van der Waals surface area contributed by atoms with E-state index in [1.54, 1.807) is 0 Å². The Morgan fingerprint density at radius 1 is 1.33 bits per heavy atom. The number of aromatic nitrogens is 1. The zero-order chi connectivity index (χ0) is 8.13. The summed E-state index contributed by atoms with van der Waals surface area (Å²) in [5.74, 6) is 0.596. The molecule has 0 amide bonds. The smallest absolute Gasteiger partial charge is 0.0673 e. The third-order valence-corrected chi connectivity index (χ3v) is 2.59. The predicted octanol–water partition coefficient (Wildman–Crippen LogP) is 2.44. The fourth-order valence-electron chi connectivity index (χ4n) is 1.86. The number of hydrogen-bond donors (Lipinski definition) is 0. The van der Waals surface area contributed by atoms with Gasteiger partial charge in [-0.3, -0.25) is 4.98 Å². The molecule has 0 fully saturated rings. The Morgan fingerprint density at radius 3 is 3.17 bits per heavy atom. The fraction of sp³-hybridized carbons (Fsp3) is 0.182. The molecule has 2 aliphatic carbocycles. The van der Waals surface area contributed by atoms with E-state index in [0.29, 0.717) is 5.92 Å². The minimum atomic E-state index is 0.596. The van der Waals surface area contributed by atoms with E-state index in [-0.39, 0.29) is 0 Å². The molecule has 3 rings (SSSR count). The normalized spacial score (nSPS) is 22.8. The van der Waals surface area contributed by atoms with E-state index in [1.165, 1.54) is 16.7 Å². The average Bonchev–Trinajstić information content (AvgIpc) is 2.82. The van der Waals surface area contributed by atoms with Crippen molar-refractivity contribution in [3.8, 4) is 0 Å². The first-order valence-electron chi connectivity index (χ1n) is 4.21. The molecule has 1 aromatic rings. The van der Waals surface area contributed by atoms with Crippen LogP contribution in [0.2, 0.25) is 0 Å². The predicted molar refractivity (Wildman–Crippen MR) is 48.8 cm³/mol. The van der Waals surface area contributed by atoms with Gasteiger partial charge in [-0.05, 0) is 35.8 Å². The van der Waals surface area contributed by atoms with Gasteiger partial charge in [0.15, 0.2) is 0 Å². The number of hydrogen-bond acceptors (Lipinski definition) is 1. The lowest BCUT2D eigenvalue weighted by Gasteiger charge is -2.11. The maximum Gasteiger partial charge on any atom is 0.0673 e. The Morgan fingerprint density at radius 2 is 2.25 bits per heavy atom. The SMILES string of the molecule is Cc1ccnc2c1C1C=C1C=C2. The van der Waals surface area contributed by atoms with Crippen molar-refractivity contribution in [1.29, 1.82) is 0 Å². The van der Waals surface area contributed by atoms with Crippen LogP contribution in [0.3, 0.4) is 0 Å². The summed E-state index contributed by atoms with van der Waals surface area (Å²) < 4.78 is 0. The molecule has 2 aliphatic rings. The van der Waals surface area contributed by atoms with Gasteiger partial charge in [0.2, 0.25) is 0 Å². The van der Waals surface area contributed by atoms with Crippen molar-refractivity contribution in [3.63, 3.8) is 0 Å². The molecule has 1 aromatic heterocycles. The number of rotatable bonds is 0. The summed E-state index contributed by atoms with van der Waals surface area (Å²) >= 11 is 0. The van der Waals surface area contributed by atoms with Gasteiger partial charge < -0.3 is 0 Å². The molecule has 1 heterocycles. The second kappa shape index (κ2) is 1.86. The lowest BCUT2D eigenvalue weighted by Crippen LogP contribution is -1.98. The maximum atomic E-state index is 4.34. The maximum absolute atomic E-state index is 4.34. The van der Waals surface area contributed by atoms with Gasteiger partial charge in [0.25, 0.3) is 0 Å². The summed E-state index contributed by atoms with van der Waals surface area (Å²) in [4.78, 5) is 4.34. The lowest BCUT2D eigenvalue weighted by atomic mass is 9.96. The van der Waals surface area contributed by atoms with Crippen molar-refractivity contribution >= 4 is 6.08 Å². The Hall–Kier alpha value is -1.37. The zero-order valence-electron chi connectivity index (χ0n) is 6.91. The number of nitrogens with zero attached hydrogens (tertiary/aromatic N) is 1. The molecule has 1 atom stereocenters. The van der Waals surface area contributed by atoms with E-state index in [2.05, 4.69) is 36.2 Å². The van der Waals surface area contributed by atoms with Gasteiger partial charge >= 0.3 is 0 Å². The highest BCUT2D eigenvalue weighted by Gasteiger charge is 2.30. The summed E-state index contributed by atoms with van der Waals surface area (Å²) in [5, 5.41) is 0. The van der Waals surface area contributed by atoms with Crippen LogP contribution in [0.15, 0.2) is 30.0 Å². The van der Waals surface area contributed by atoms with Gasteiger partial charge in [-0.25, -0.2) is 0 Å². The number of allylic oxidation sites excluding steroid dienone is 3. The van der Waals surface area contributed by atoms with Crippen molar-refractivity contribution < 1.29 is 0 Å². The molecule has 0 aromatic carbocycles. The summed E-state index contributed by atoms with van der Waals surface area (Å²) in [6.45, 7) is 2.16. The van der Waals surface area contributed by atoms with E-state index in [4.69, 9.17) is 0 Å². The van der Waals surface area contributed by atoms with Crippen LogP contribution < -0.4 is 0 Å². The van der Waals surface area contributed by atoms with E-state index < -0.39 is 0 Å².